The van der Waals surface area contributed by atoms with Gasteiger partial charge in [0, 0.05) is 22.0 Å². The summed E-state index contributed by atoms with van der Waals surface area (Å²) in [6.07, 6.45) is -4.25. The number of hydrogen-bond donors (Lipinski definition) is 1. The lowest BCUT2D eigenvalue weighted by Crippen LogP contribution is -2.13. The van der Waals surface area contributed by atoms with E-state index in [1.54, 1.807) is 30.3 Å². The molecule has 11 heteroatoms. The van der Waals surface area contributed by atoms with Crippen molar-refractivity contribution in [3.63, 3.8) is 0 Å². The molecule has 1 aromatic heterocycles. The van der Waals surface area contributed by atoms with Gasteiger partial charge in [-0.05, 0) is 47.5 Å². The van der Waals surface area contributed by atoms with Crippen LogP contribution in [0.25, 0.3) is 21.3 Å². The van der Waals surface area contributed by atoms with E-state index >= 15 is 0 Å². The first kappa shape index (κ1) is 23.0. The molecule has 0 bridgehead atoms. The van der Waals surface area contributed by atoms with E-state index in [-0.39, 0.29) is 26.9 Å². The Balaban J connectivity index is 1.71. The molecular formula is C21H13Cl2F3N2O2S2. The highest BCUT2D eigenvalue weighted by atomic mass is 35.5. The summed E-state index contributed by atoms with van der Waals surface area (Å²) in [4.78, 5) is 4.23. The fourth-order valence-electron chi connectivity index (χ4n) is 3.26. The molecule has 0 unspecified atom stereocenters. The van der Waals surface area contributed by atoms with Gasteiger partial charge in [-0.3, -0.25) is 0 Å². The minimum Gasteiger partial charge on any atom is -0.241 e. The lowest BCUT2D eigenvalue weighted by molar-refractivity contribution is -0.137. The average Bonchev–Trinajstić information content (AvgIpc) is 3.11. The summed E-state index contributed by atoms with van der Waals surface area (Å²) in [5.41, 5.74) is 0.819. The standard InChI is InChI=1S/C21H13Cl2F3N2O2S2/c22-15-7-11(13-3-1-2-4-19(13)32(27,29)30)8-16(23)14(15)10-20-28-17-9-12(21(24,25)26)5-6-18(17)31-20/h1-9H,10H2,(H2,27,29,30). The molecule has 3 aromatic carbocycles. The summed E-state index contributed by atoms with van der Waals surface area (Å²) in [6, 6.07) is 12.7. The van der Waals surface area contributed by atoms with Gasteiger partial charge < -0.3 is 0 Å². The van der Waals surface area contributed by atoms with Crippen LogP contribution in [0.5, 0.6) is 0 Å². The normalized spacial score (nSPS) is 12.4. The molecule has 1 heterocycles. The smallest absolute Gasteiger partial charge is 0.241 e. The molecule has 0 fully saturated rings. The average molecular weight is 517 g/mol. The molecule has 4 rings (SSSR count). The Morgan fingerprint density at radius 2 is 1.66 bits per heavy atom. The lowest BCUT2D eigenvalue weighted by Gasteiger charge is -2.12. The van der Waals surface area contributed by atoms with E-state index in [2.05, 4.69) is 4.98 Å². The molecule has 2 N–H and O–H groups in total. The Morgan fingerprint density at radius 3 is 2.28 bits per heavy atom. The predicted octanol–water partition coefficient (Wildman–Crippen LogP) is 6.53. The van der Waals surface area contributed by atoms with E-state index in [1.807, 2.05) is 0 Å². The molecule has 166 valence electrons. The van der Waals surface area contributed by atoms with Crippen molar-refractivity contribution < 1.29 is 21.6 Å². The van der Waals surface area contributed by atoms with E-state index < -0.39 is 21.8 Å². The van der Waals surface area contributed by atoms with Crippen molar-refractivity contribution in [2.45, 2.75) is 17.5 Å². The molecule has 4 nitrogen and oxygen atoms in total. The second-order valence-corrected chi connectivity index (χ2v) is 10.4. The third-order valence-corrected chi connectivity index (χ3v) is 7.41. The fraction of sp³-hybridized carbons (Fsp3) is 0.0952. The number of aromatic nitrogens is 1. The van der Waals surface area contributed by atoms with Gasteiger partial charge in [-0.25, -0.2) is 18.5 Å². The summed E-state index contributed by atoms with van der Waals surface area (Å²) >= 11 is 14.1. The van der Waals surface area contributed by atoms with Crippen LogP contribution in [0.3, 0.4) is 0 Å². The molecule has 0 aliphatic carbocycles. The number of nitrogens with two attached hydrogens (primary N) is 1. The van der Waals surface area contributed by atoms with Crippen molar-refractivity contribution >= 4 is 54.8 Å². The van der Waals surface area contributed by atoms with Crippen LogP contribution in [0.1, 0.15) is 16.1 Å². The first-order chi connectivity index (χ1) is 14.9. The molecule has 0 atom stereocenters. The zero-order chi connectivity index (χ0) is 23.3. The van der Waals surface area contributed by atoms with Gasteiger partial charge in [0.1, 0.15) is 0 Å². The first-order valence-corrected chi connectivity index (χ1v) is 12.1. The summed E-state index contributed by atoms with van der Waals surface area (Å²) in [7, 11) is -3.97. The number of rotatable bonds is 4. The number of sulfonamides is 1. The monoisotopic (exact) mass is 516 g/mol. The van der Waals surface area contributed by atoms with E-state index in [1.165, 1.54) is 23.5 Å². The van der Waals surface area contributed by atoms with Crippen molar-refractivity contribution in [2.75, 3.05) is 0 Å². The quantitative estimate of drug-likeness (QED) is 0.335. The maximum atomic E-state index is 13.0. The Morgan fingerprint density at radius 1 is 1.00 bits per heavy atom. The van der Waals surface area contributed by atoms with Crippen molar-refractivity contribution in [2.24, 2.45) is 5.14 Å². The minimum absolute atomic E-state index is 0.0634. The van der Waals surface area contributed by atoms with E-state index in [9.17, 15) is 21.6 Å². The number of thiazole rings is 1. The van der Waals surface area contributed by atoms with E-state index in [4.69, 9.17) is 28.3 Å². The van der Waals surface area contributed by atoms with Crippen LogP contribution in [0.2, 0.25) is 10.0 Å². The first-order valence-electron chi connectivity index (χ1n) is 9.00. The highest BCUT2D eigenvalue weighted by Crippen LogP contribution is 2.37. The van der Waals surface area contributed by atoms with Gasteiger partial charge in [-0.2, -0.15) is 13.2 Å². The molecule has 0 saturated heterocycles. The van der Waals surface area contributed by atoms with E-state index in [0.29, 0.717) is 26.4 Å². The third kappa shape index (κ3) is 4.62. The summed E-state index contributed by atoms with van der Waals surface area (Å²) in [5, 5.41) is 6.39. The molecule has 0 aliphatic heterocycles. The maximum Gasteiger partial charge on any atom is 0.416 e. The number of benzene rings is 3. The number of fused-ring (bicyclic) bond motifs is 1. The SMILES string of the molecule is NS(=O)(=O)c1ccccc1-c1cc(Cl)c(Cc2nc3cc(C(F)(F)F)ccc3s2)c(Cl)c1. The van der Waals surface area contributed by atoms with Crippen LogP contribution in [0.4, 0.5) is 13.2 Å². The summed E-state index contributed by atoms with van der Waals surface area (Å²) in [6.45, 7) is 0. The van der Waals surface area contributed by atoms with Crippen molar-refractivity contribution in [1.29, 1.82) is 0 Å². The molecular weight excluding hydrogens is 504 g/mol. The van der Waals surface area contributed by atoms with Crippen LogP contribution in [0.15, 0.2) is 59.5 Å². The molecule has 0 amide bonds. The Kier molecular flexibility index (Phi) is 5.98. The second-order valence-electron chi connectivity index (χ2n) is 6.92. The molecule has 0 saturated carbocycles. The highest BCUT2D eigenvalue weighted by molar-refractivity contribution is 7.89. The summed E-state index contributed by atoms with van der Waals surface area (Å²) in [5.74, 6) is 0. The zero-order valence-electron chi connectivity index (χ0n) is 16.0. The van der Waals surface area contributed by atoms with Gasteiger partial charge >= 0.3 is 6.18 Å². The van der Waals surface area contributed by atoms with Crippen molar-refractivity contribution in [1.82, 2.24) is 4.98 Å². The highest BCUT2D eigenvalue weighted by Gasteiger charge is 2.30. The van der Waals surface area contributed by atoms with Crippen molar-refractivity contribution in [3.8, 4) is 11.1 Å². The van der Waals surface area contributed by atoms with E-state index in [0.717, 1.165) is 12.1 Å². The van der Waals surface area contributed by atoms with Gasteiger partial charge in [0.05, 0.1) is 25.7 Å². The maximum absolute atomic E-state index is 13.0. The molecule has 32 heavy (non-hydrogen) atoms. The van der Waals surface area contributed by atoms with Crippen LogP contribution < -0.4 is 5.14 Å². The number of primary sulfonamides is 1. The number of nitrogens with zero attached hydrogens (tertiary/aromatic N) is 1. The van der Waals surface area contributed by atoms with Crippen molar-refractivity contribution in [3.05, 3.63) is 80.8 Å². The van der Waals surface area contributed by atoms with Gasteiger partial charge in [0.2, 0.25) is 10.0 Å². The molecule has 4 aromatic rings. The van der Waals surface area contributed by atoms with Gasteiger partial charge in [0.25, 0.3) is 0 Å². The summed E-state index contributed by atoms with van der Waals surface area (Å²) < 4.78 is 63.3. The zero-order valence-corrected chi connectivity index (χ0v) is 19.1. The molecule has 0 radical (unpaired) electrons. The Bertz CT molecular complexity index is 1430. The Hall–Kier alpha value is -2.17. The van der Waals surface area contributed by atoms with Crippen LogP contribution in [-0.4, -0.2) is 13.4 Å². The molecule has 0 aliphatic rings. The third-order valence-electron chi connectivity index (χ3n) is 4.73. The van der Waals surface area contributed by atoms with Gasteiger partial charge in [0.15, 0.2) is 0 Å². The van der Waals surface area contributed by atoms with Gasteiger partial charge in [-0.1, -0.05) is 41.4 Å². The van der Waals surface area contributed by atoms with Crippen LogP contribution in [-0.2, 0) is 22.6 Å². The number of hydrogen-bond acceptors (Lipinski definition) is 4. The largest absolute Gasteiger partial charge is 0.416 e. The van der Waals surface area contributed by atoms with Crippen LogP contribution >= 0.6 is 34.5 Å². The topological polar surface area (TPSA) is 73.1 Å². The number of halogens is 5. The predicted molar refractivity (Wildman–Crippen MR) is 121 cm³/mol. The number of alkyl halides is 3. The van der Waals surface area contributed by atoms with Crippen LogP contribution in [0, 0.1) is 0 Å². The molecule has 0 spiro atoms. The Labute approximate surface area is 195 Å². The lowest BCUT2D eigenvalue weighted by atomic mass is 10.0. The second kappa shape index (κ2) is 8.31. The van der Waals surface area contributed by atoms with Gasteiger partial charge in [-0.15, -0.1) is 11.3 Å². The fourth-order valence-corrected chi connectivity index (χ4v) is 5.60. The minimum atomic E-state index is -4.45.